The smallest absolute Gasteiger partial charge is 0.350 e. The highest BCUT2D eigenvalue weighted by molar-refractivity contribution is 7.80. The van der Waals surface area contributed by atoms with Gasteiger partial charge in [-0.1, -0.05) is 0 Å². The minimum atomic E-state index is -0.319. The Morgan fingerprint density at radius 2 is 1.87 bits per heavy atom. The number of methoxy groups -OCH3 is 1. The number of rotatable bonds is 3. The van der Waals surface area contributed by atoms with Crippen molar-refractivity contribution in [3.8, 4) is 0 Å². The van der Waals surface area contributed by atoms with Crippen LogP contribution in [0.1, 0.15) is 48.2 Å². The zero-order valence-electron chi connectivity index (χ0n) is 13.3. The van der Waals surface area contributed by atoms with E-state index in [0.717, 1.165) is 23.4 Å². The monoisotopic (exact) mass is 350 g/mol. The second-order valence-electron chi connectivity index (χ2n) is 7.43. The summed E-state index contributed by atoms with van der Waals surface area (Å²) in [6.45, 7) is 0. The van der Waals surface area contributed by atoms with Crippen LogP contribution in [0.3, 0.4) is 0 Å². The van der Waals surface area contributed by atoms with Crippen LogP contribution in [0.5, 0.6) is 0 Å². The van der Waals surface area contributed by atoms with Crippen LogP contribution in [0.2, 0.25) is 0 Å². The van der Waals surface area contributed by atoms with Crippen LogP contribution in [-0.4, -0.2) is 23.7 Å². The number of nitrogens with one attached hydrogen (secondary N) is 2. The lowest BCUT2D eigenvalue weighted by Gasteiger charge is -2.57. The van der Waals surface area contributed by atoms with E-state index in [2.05, 4.69) is 10.6 Å². The van der Waals surface area contributed by atoms with Gasteiger partial charge in [0.1, 0.15) is 4.88 Å². The molecule has 0 radical (unpaired) electrons. The summed E-state index contributed by atoms with van der Waals surface area (Å²) in [5.74, 6) is 2.31. The van der Waals surface area contributed by atoms with E-state index in [4.69, 9.17) is 17.0 Å². The van der Waals surface area contributed by atoms with Gasteiger partial charge in [-0.3, -0.25) is 0 Å². The largest absolute Gasteiger partial charge is 0.465 e. The van der Waals surface area contributed by atoms with E-state index in [9.17, 15) is 4.79 Å². The third kappa shape index (κ3) is 2.87. The Balaban J connectivity index is 1.45. The van der Waals surface area contributed by atoms with Crippen LogP contribution in [0.4, 0.5) is 5.69 Å². The highest BCUT2D eigenvalue weighted by atomic mass is 32.1. The molecular formula is C17H22N2O2S2. The van der Waals surface area contributed by atoms with Gasteiger partial charge in [-0.2, -0.15) is 0 Å². The molecule has 1 heterocycles. The van der Waals surface area contributed by atoms with Crippen LogP contribution in [0, 0.1) is 17.8 Å². The maximum Gasteiger partial charge on any atom is 0.350 e. The van der Waals surface area contributed by atoms with Gasteiger partial charge >= 0.3 is 5.97 Å². The molecule has 4 nitrogen and oxygen atoms in total. The molecule has 4 aliphatic rings. The molecule has 0 unspecified atom stereocenters. The Hall–Kier alpha value is -1.14. The highest BCUT2D eigenvalue weighted by Gasteiger charge is 2.51. The van der Waals surface area contributed by atoms with Crippen molar-refractivity contribution >= 4 is 40.3 Å². The third-order valence-electron chi connectivity index (χ3n) is 5.70. The predicted molar refractivity (Wildman–Crippen MR) is 95.9 cm³/mol. The first-order valence-corrected chi connectivity index (χ1v) is 9.61. The molecule has 6 heteroatoms. The Morgan fingerprint density at radius 3 is 2.43 bits per heavy atom. The molecule has 4 fully saturated rings. The Labute approximate surface area is 146 Å². The van der Waals surface area contributed by atoms with Crippen LogP contribution in [0.15, 0.2) is 11.4 Å². The molecular weight excluding hydrogens is 328 g/mol. The predicted octanol–water partition coefficient (Wildman–Crippen LogP) is 3.79. The van der Waals surface area contributed by atoms with E-state index in [0.29, 0.717) is 9.99 Å². The standard InChI is InChI=1S/C17H22N2O2S2/c1-21-15(20)14-13(2-3-23-14)18-16(22)19-17-7-10-4-11(8-17)6-12(5-10)9-17/h2-3,10-12H,4-9H2,1H3,(H2,18,19,22). The van der Waals surface area contributed by atoms with Gasteiger partial charge in [0.25, 0.3) is 0 Å². The maximum absolute atomic E-state index is 11.8. The number of thiocarbonyl (C=S) groups is 1. The Kier molecular flexibility index (Phi) is 3.84. The van der Waals surface area contributed by atoms with Crippen LogP contribution in [0.25, 0.3) is 0 Å². The van der Waals surface area contributed by atoms with Gasteiger partial charge in [-0.25, -0.2) is 4.79 Å². The van der Waals surface area contributed by atoms with E-state index in [1.54, 1.807) is 0 Å². The van der Waals surface area contributed by atoms with Crippen molar-refractivity contribution < 1.29 is 9.53 Å². The van der Waals surface area contributed by atoms with Gasteiger partial charge < -0.3 is 15.4 Å². The summed E-state index contributed by atoms with van der Waals surface area (Å²) >= 11 is 6.92. The molecule has 1 aromatic rings. The average Bonchev–Trinajstić information content (AvgIpc) is 2.92. The lowest BCUT2D eigenvalue weighted by molar-refractivity contribution is -0.00972. The molecule has 124 valence electrons. The lowest BCUT2D eigenvalue weighted by Crippen LogP contribution is -2.60. The number of anilines is 1. The van der Waals surface area contributed by atoms with Gasteiger partial charge in [0, 0.05) is 5.54 Å². The van der Waals surface area contributed by atoms with E-state index in [-0.39, 0.29) is 11.5 Å². The first-order chi connectivity index (χ1) is 11.1. The molecule has 4 saturated carbocycles. The molecule has 0 aromatic carbocycles. The fraction of sp³-hybridized carbons (Fsp3) is 0.647. The van der Waals surface area contributed by atoms with Crippen LogP contribution < -0.4 is 10.6 Å². The van der Waals surface area contributed by atoms with Gasteiger partial charge in [-0.05, 0) is 79.9 Å². The Bertz CT molecular complexity index is 605. The maximum atomic E-state index is 11.8. The summed E-state index contributed by atoms with van der Waals surface area (Å²) < 4.78 is 4.82. The fourth-order valence-corrected chi connectivity index (χ4v) is 6.41. The topological polar surface area (TPSA) is 50.4 Å². The van der Waals surface area contributed by atoms with Crippen molar-refractivity contribution in [1.82, 2.24) is 5.32 Å². The van der Waals surface area contributed by atoms with Crippen molar-refractivity contribution in [2.24, 2.45) is 17.8 Å². The summed E-state index contributed by atoms with van der Waals surface area (Å²) in [4.78, 5) is 12.3. The van der Waals surface area contributed by atoms with Crippen molar-refractivity contribution in [1.29, 1.82) is 0 Å². The quantitative estimate of drug-likeness (QED) is 0.642. The Morgan fingerprint density at radius 1 is 1.26 bits per heavy atom. The SMILES string of the molecule is COC(=O)c1sccc1NC(=S)NC12CC3CC(CC(C3)C1)C2. The first-order valence-electron chi connectivity index (χ1n) is 8.32. The number of hydrogen-bond donors (Lipinski definition) is 2. The zero-order chi connectivity index (χ0) is 16.0. The van der Waals surface area contributed by atoms with Crippen LogP contribution in [-0.2, 0) is 4.74 Å². The van der Waals surface area contributed by atoms with Crippen molar-refractivity contribution in [3.63, 3.8) is 0 Å². The number of esters is 1. The summed E-state index contributed by atoms with van der Waals surface area (Å²) in [6.07, 6.45) is 7.98. The van der Waals surface area contributed by atoms with Crippen molar-refractivity contribution in [2.75, 3.05) is 12.4 Å². The normalized spacial score (nSPS) is 34.2. The third-order valence-corrected chi connectivity index (χ3v) is 6.80. The lowest BCUT2D eigenvalue weighted by atomic mass is 9.53. The van der Waals surface area contributed by atoms with Crippen molar-refractivity contribution in [3.05, 3.63) is 16.3 Å². The number of hydrogen-bond acceptors (Lipinski definition) is 4. The molecule has 0 aliphatic heterocycles. The van der Waals surface area contributed by atoms with Gasteiger partial charge in [0.2, 0.25) is 0 Å². The van der Waals surface area contributed by atoms with Gasteiger partial charge in [0.05, 0.1) is 12.8 Å². The zero-order valence-corrected chi connectivity index (χ0v) is 14.9. The van der Waals surface area contributed by atoms with Gasteiger partial charge in [0.15, 0.2) is 5.11 Å². The second kappa shape index (κ2) is 5.74. The molecule has 0 atom stereocenters. The van der Waals surface area contributed by atoms with E-state index in [1.807, 2.05) is 11.4 Å². The van der Waals surface area contributed by atoms with E-state index >= 15 is 0 Å². The minimum absolute atomic E-state index is 0.181. The number of carbonyl (C=O) groups is 1. The van der Waals surface area contributed by atoms with E-state index in [1.165, 1.54) is 57.0 Å². The number of thiophene rings is 1. The molecule has 4 aliphatic carbocycles. The molecule has 2 N–H and O–H groups in total. The number of carbonyl (C=O) groups excluding carboxylic acids is 1. The molecule has 0 amide bonds. The summed E-state index contributed by atoms with van der Waals surface area (Å²) in [6, 6.07) is 1.88. The summed E-state index contributed by atoms with van der Waals surface area (Å²) in [5, 5.41) is 9.34. The highest BCUT2D eigenvalue weighted by Crippen LogP contribution is 2.55. The van der Waals surface area contributed by atoms with Gasteiger partial charge in [-0.15, -0.1) is 11.3 Å². The summed E-state index contributed by atoms with van der Waals surface area (Å²) in [5.41, 5.74) is 0.921. The second-order valence-corrected chi connectivity index (χ2v) is 8.76. The summed E-state index contributed by atoms with van der Waals surface area (Å²) in [7, 11) is 1.40. The molecule has 1 aromatic heterocycles. The van der Waals surface area contributed by atoms with Crippen molar-refractivity contribution in [2.45, 2.75) is 44.1 Å². The fourth-order valence-electron chi connectivity index (χ4n) is 5.32. The average molecular weight is 351 g/mol. The molecule has 0 saturated heterocycles. The first kappa shape index (κ1) is 15.4. The molecule has 4 bridgehead atoms. The minimum Gasteiger partial charge on any atom is -0.465 e. The molecule has 5 rings (SSSR count). The molecule has 23 heavy (non-hydrogen) atoms. The number of ether oxygens (including phenoxy) is 1. The molecule has 0 spiro atoms. The van der Waals surface area contributed by atoms with Crippen LogP contribution >= 0.6 is 23.6 Å². The van der Waals surface area contributed by atoms with E-state index < -0.39 is 0 Å².